The number of aromatic nitrogens is 6. The lowest BCUT2D eigenvalue weighted by molar-refractivity contribution is 0.0562. The van der Waals surface area contributed by atoms with Gasteiger partial charge in [0.1, 0.15) is 23.1 Å². The first-order valence-corrected chi connectivity index (χ1v) is 13.8. The number of rotatable bonds is 5. The van der Waals surface area contributed by atoms with Gasteiger partial charge in [-0.05, 0) is 62.9 Å². The first-order chi connectivity index (χ1) is 20.3. The van der Waals surface area contributed by atoms with Crippen LogP contribution in [0.15, 0.2) is 54.9 Å². The van der Waals surface area contributed by atoms with Crippen LogP contribution in [0.5, 0.6) is 0 Å². The monoisotopic (exact) mass is 565 g/mol. The average molecular weight is 566 g/mol. The molecule has 2 aliphatic heterocycles. The van der Waals surface area contributed by atoms with Crippen molar-refractivity contribution < 1.29 is 14.0 Å². The number of hydrogen-bond acceptors (Lipinski definition) is 8. The number of anilines is 2. The lowest BCUT2D eigenvalue weighted by atomic mass is 9.85. The lowest BCUT2D eigenvalue weighted by Gasteiger charge is -2.39. The molecule has 2 bridgehead atoms. The van der Waals surface area contributed by atoms with Gasteiger partial charge in [0.15, 0.2) is 11.4 Å². The van der Waals surface area contributed by atoms with Gasteiger partial charge in [-0.1, -0.05) is 6.07 Å². The zero-order valence-corrected chi connectivity index (χ0v) is 22.8. The van der Waals surface area contributed by atoms with Crippen LogP contribution in [0.3, 0.4) is 0 Å². The van der Waals surface area contributed by atoms with E-state index >= 15 is 0 Å². The minimum Gasteiger partial charge on any atom is -0.383 e. The summed E-state index contributed by atoms with van der Waals surface area (Å²) in [6.45, 7) is 1.49. The number of nitrogens with two attached hydrogens (primary N) is 2. The van der Waals surface area contributed by atoms with Crippen LogP contribution >= 0.6 is 0 Å². The molecule has 6 heterocycles. The molecular formula is C30H28FN9O2. The summed E-state index contributed by atoms with van der Waals surface area (Å²) in [5, 5.41) is 11.1. The third-order valence-corrected chi connectivity index (χ3v) is 8.46. The highest BCUT2D eigenvalue weighted by Crippen LogP contribution is 2.45. The van der Waals surface area contributed by atoms with Crippen molar-refractivity contribution in [1.29, 1.82) is 0 Å². The summed E-state index contributed by atoms with van der Waals surface area (Å²) in [6, 6.07) is 11.5. The van der Waals surface area contributed by atoms with Crippen molar-refractivity contribution in [2.75, 3.05) is 11.5 Å². The van der Waals surface area contributed by atoms with Crippen LogP contribution in [-0.4, -0.2) is 58.5 Å². The maximum absolute atomic E-state index is 13.4. The highest BCUT2D eigenvalue weighted by molar-refractivity contribution is 6.00. The van der Waals surface area contributed by atoms with Crippen molar-refractivity contribution in [2.45, 2.75) is 50.6 Å². The highest BCUT2D eigenvalue weighted by Gasteiger charge is 2.45. The van der Waals surface area contributed by atoms with Gasteiger partial charge in [-0.15, -0.1) is 0 Å². The predicted octanol–water partition coefficient (Wildman–Crippen LogP) is 4.24. The Hall–Kier alpha value is -5.13. The van der Waals surface area contributed by atoms with E-state index in [4.69, 9.17) is 16.5 Å². The topological polar surface area (TPSA) is 161 Å². The van der Waals surface area contributed by atoms with E-state index in [2.05, 4.69) is 20.3 Å². The third kappa shape index (κ3) is 4.18. The Morgan fingerprint density at radius 3 is 2.33 bits per heavy atom. The lowest BCUT2D eigenvalue weighted by Crippen LogP contribution is -2.46. The molecule has 0 saturated carbocycles. The molecule has 0 unspecified atom stereocenters. The van der Waals surface area contributed by atoms with E-state index in [1.807, 2.05) is 17.0 Å². The average Bonchev–Trinajstić information content (AvgIpc) is 3.68. The van der Waals surface area contributed by atoms with Gasteiger partial charge < -0.3 is 16.4 Å². The Bertz CT molecular complexity index is 1830. The van der Waals surface area contributed by atoms with Crippen LogP contribution in [0.25, 0.3) is 28.0 Å². The van der Waals surface area contributed by atoms with Crippen LogP contribution in [0, 0.1) is 5.82 Å². The highest BCUT2D eigenvalue weighted by atomic mass is 19.1. The number of nitrogens with one attached hydrogen (secondary N) is 1. The number of amides is 1. The third-order valence-electron chi connectivity index (χ3n) is 8.46. The van der Waals surface area contributed by atoms with E-state index < -0.39 is 0 Å². The summed E-state index contributed by atoms with van der Waals surface area (Å²) >= 11 is 0. The van der Waals surface area contributed by atoms with Gasteiger partial charge in [0.05, 0.1) is 23.1 Å². The smallest absolute Gasteiger partial charge is 0.272 e. The SMILES string of the molecule is CC(=O)c1c([C@H]2C[C@H]3CC[C@@H](C2)N3C(=O)c2cc(N)n[nH]2)nc2c(-c3ccc(-c4ccc(F)cc4)nc3)cnn2c1N. The van der Waals surface area contributed by atoms with Crippen LogP contribution in [0.4, 0.5) is 16.0 Å². The van der Waals surface area contributed by atoms with Crippen molar-refractivity contribution in [2.24, 2.45) is 0 Å². The molecule has 0 spiro atoms. The Morgan fingerprint density at radius 1 is 1.00 bits per heavy atom. The number of halogens is 1. The van der Waals surface area contributed by atoms with Gasteiger partial charge in [0.25, 0.3) is 5.91 Å². The van der Waals surface area contributed by atoms with E-state index in [-0.39, 0.29) is 47.1 Å². The standard InChI is InChI=1S/C30H28FN9O2/c1-15(41)26-27(18-10-20-7-8-21(11-18)39(20)30(42)24-12-25(32)38-37-24)36-29-22(14-35-40(29)28(26)33)17-4-9-23(34-13-17)16-2-5-19(31)6-3-16/h2-6,9,12-14,18,20-21H,7-8,10-11,33H2,1H3,(H3,32,37,38)/t18-,20+,21-. The first-order valence-electron chi connectivity index (χ1n) is 13.8. The molecule has 12 heteroatoms. The quantitative estimate of drug-likeness (QED) is 0.267. The Balaban J connectivity index is 1.24. The zero-order chi connectivity index (χ0) is 29.1. The fourth-order valence-corrected chi connectivity index (χ4v) is 6.56. The molecule has 2 saturated heterocycles. The Morgan fingerprint density at radius 2 is 1.71 bits per heavy atom. The molecule has 212 valence electrons. The normalized spacial score (nSPS) is 19.9. The molecule has 0 radical (unpaired) electrons. The molecular weight excluding hydrogens is 537 g/mol. The summed E-state index contributed by atoms with van der Waals surface area (Å²) < 4.78 is 14.9. The number of nitrogen functional groups attached to an aromatic ring is 2. The van der Waals surface area contributed by atoms with Crippen molar-refractivity contribution >= 4 is 29.0 Å². The molecule has 5 N–H and O–H groups in total. The summed E-state index contributed by atoms with van der Waals surface area (Å²) in [4.78, 5) is 37.7. The molecule has 2 aliphatic rings. The fourth-order valence-electron chi connectivity index (χ4n) is 6.56. The number of carbonyl (C=O) groups excluding carboxylic acids is 2. The number of nitrogens with zero attached hydrogens (tertiary/aromatic N) is 6. The molecule has 1 aromatic carbocycles. The van der Waals surface area contributed by atoms with Gasteiger partial charge in [0.2, 0.25) is 0 Å². The molecule has 1 amide bonds. The summed E-state index contributed by atoms with van der Waals surface area (Å²) in [5.41, 5.74) is 17.2. The predicted molar refractivity (Wildman–Crippen MR) is 154 cm³/mol. The number of hydrogen-bond donors (Lipinski definition) is 3. The Kier molecular flexibility index (Phi) is 5.99. The second-order valence-corrected chi connectivity index (χ2v) is 11.0. The van der Waals surface area contributed by atoms with Crippen molar-refractivity contribution in [3.8, 4) is 22.4 Å². The minimum absolute atomic E-state index is 0.00239. The van der Waals surface area contributed by atoms with Crippen LogP contribution < -0.4 is 11.5 Å². The van der Waals surface area contributed by atoms with Crippen molar-refractivity contribution in [3.05, 3.63) is 77.6 Å². The maximum atomic E-state index is 13.4. The van der Waals surface area contributed by atoms with Gasteiger partial charge in [-0.25, -0.2) is 9.37 Å². The van der Waals surface area contributed by atoms with E-state index in [1.165, 1.54) is 23.6 Å². The van der Waals surface area contributed by atoms with E-state index in [1.54, 1.807) is 30.6 Å². The maximum Gasteiger partial charge on any atom is 0.272 e. The number of ketones is 1. The Labute approximate surface area is 239 Å². The largest absolute Gasteiger partial charge is 0.383 e. The summed E-state index contributed by atoms with van der Waals surface area (Å²) in [5.74, 6) is -0.154. The van der Waals surface area contributed by atoms with Crippen molar-refractivity contribution in [3.63, 3.8) is 0 Å². The van der Waals surface area contributed by atoms with Crippen LogP contribution in [0.1, 0.15) is 65.1 Å². The number of fused-ring (bicyclic) bond motifs is 3. The first kappa shape index (κ1) is 25.8. The van der Waals surface area contributed by atoms with E-state index in [0.717, 1.165) is 29.5 Å². The van der Waals surface area contributed by atoms with E-state index in [9.17, 15) is 14.0 Å². The number of carbonyl (C=O) groups is 2. The molecule has 0 aliphatic carbocycles. The number of Topliss-reactive ketones (excluding diaryl/α,β-unsaturated/α-hetero) is 1. The molecule has 2 fully saturated rings. The van der Waals surface area contributed by atoms with Gasteiger partial charge in [0, 0.05) is 47.0 Å². The molecule has 11 nitrogen and oxygen atoms in total. The van der Waals surface area contributed by atoms with Crippen LogP contribution in [0.2, 0.25) is 0 Å². The second kappa shape index (κ2) is 9.75. The molecule has 3 atom stereocenters. The molecule has 42 heavy (non-hydrogen) atoms. The van der Waals surface area contributed by atoms with Crippen LogP contribution in [-0.2, 0) is 0 Å². The number of H-pyrrole nitrogens is 1. The number of benzene rings is 1. The summed E-state index contributed by atoms with van der Waals surface area (Å²) in [7, 11) is 0. The van der Waals surface area contributed by atoms with Gasteiger partial charge >= 0.3 is 0 Å². The number of piperidine rings is 1. The molecule has 7 rings (SSSR count). The number of aromatic amines is 1. The molecule has 4 aromatic heterocycles. The second-order valence-electron chi connectivity index (χ2n) is 11.0. The van der Waals surface area contributed by atoms with Crippen molar-refractivity contribution in [1.82, 2.24) is 34.7 Å². The van der Waals surface area contributed by atoms with Gasteiger partial charge in [-0.2, -0.15) is 14.7 Å². The summed E-state index contributed by atoms with van der Waals surface area (Å²) in [6.07, 6.45) is 6.44. The van der Waals surface area contributed by atoms with E-state index in [0.29, 0.717) is 41.1 Å². The zero-order valence-electron chi connectivity index (χ0n) is 22.8. The van der Waals surface area contributed by atoms with Gasteiger partial charge in [-0.3, -0.25) is 19.7 Å². The fraction of sp³-hybridized carbons (Fsp3) is 0.267. The number of pyridine rings is 1. The molecule has 5 aromatic rings. The minimum atomic E-state index is -0.306.